The molecule has 164 valence electrons. The zero-order valence-corrected chi connectivity index (χ0v) is 17.7. The average molecular weight is 439 g/mol. The Morgan fingerprint density at radius 3 is 2.77 bits per heavy atom. The average Bonchev–Trinajstić information content (AvgIpc) is 3.16. The van der Waals surface area contributed by atoms with Crippen LogP contribution >= 0.6 is 11.6 Å². The molecule has 1 aromatic heterocycles. The van der Waals surface area contributed by atoms with Crippen LogP contribution in [-0.2, 0) is 4.79 Å². The van der Waals surface area contributed by atoms with Gasteiger partial charge in [0.05, 0.1) is 5.60 Å². The smallest absolute Gasteiger partial charge is 0.223 e. The van der Waals surface area contributed by atoms with Gasteiger partial charge in [-0.3, -0.25) is 4.79 Å². The second kappa shape index (κ2) is 8.68. The molecule has 5 rings (SSSR count). The van der Waals surface area contributed by atoms with Gasteiger partial charge in [-0.1, -0.05) is 49.4 Å². The molecule has 4 nitrogen and oxygen atoms in total. The summed E-state index contributed by atoms with van der Waals surface area (Å²) < 4.78 is 0. The summed E-state index contributed by atoms with van der Waals surface area (Å²) in [4.78, 5) is 18.9. The van der Waals surface area contributed by atoms with Gasteiger partial charge in [0.2, 0.25) is 5.91 Å². The Morgan fingerprint density at radius 2 is 1.97 bits per heavy atom. The van der Waals surface area contributed by atoms with Crippen molar-refractivity contribution >= 4 is 28.4 Å². The van der Waals surface area contributed by atoms with Gasteiger partial charge in [-0.15, -0.1) is 0 Å². The molecule has 0 spiro atoms. The third-order valence-electron chi connectivity index (χ3n) is 7.02. The predicted octanol–water partition coefficient (Wildman–Crippen LogP) is 5.89. The number of para-hydroxylation sites is 1. The number of amides is 1. The van der Waals surface area contributed by atoms with E-state index in [9.17, 15) is 9.90 Å². The Balaban J connectivity index is 0.00000231. The minimum atomic E-state index is -0.563. The Labute approximate surface area is 189 Å². The molecule has 2 bridgehead atoms. The molecule has 2 fully saturated rings. The van der Waals surface area contributed by atoms with Crippen LogP contribution in [0.4, 0.5) is 0 Å². The first kappa shape index (κ1) is 21.9. The van der Waals surface area contributed by atoms with Crippen LogP contribution in [0.1, 0.15) is 63.0 Å². The van der Waals surface area contributed by atoms with E-state index in [1.54, 1.807) is 0 Å². The van der Waals surface area contributed by atoms with Gasteiger partial charge in [-0.2, -0.15) is 0 Å². The summed E-state index contributed by atoms with van der Waals surface area (Å²) in [6.45, 7) is 0.654. The van der Waals surface area contributed by atoms with Crippen LogP contribution in [0.15, 0.2) is 54.7 Å². The summed E-state index contributed by atoms with van der Waals surface area (Å²) in [5, 5.41) is 12.5. The molecule has 2 heterocycles. The maximum atomic E-state index is 13.5. The number of aromatic amines is 1. The Morgan fingerprint density at radius 1 is 1.19 bits per heavy atom. The first-order valence-corrected chi connectivity index (χ1v) is 11.2. The molecule has 1 saturated heterocycles. The Hall–Kier alpha value is -2.30. The van der Waals surface area contributed by atoms with Crippen molar-refractivity contribution in [1.29, 1.82) is 0 Å². The lowest BCUT2D eigenvalue weighted by Crippen LogP contribution is -2.55. The number of hydrogen-bond acceptors (Lipinski definition) is 2. The molecule has 1 aliphatic carbocycles. The zero-order chi connectivity index (χ0) is 20.7. The normalized spacial score (nSPS) is 23.9. The van der Waals surface area contributed by atoms with Crippen LogP contribution in [0.2, 0.25) is 5.02 Å². The highest BCUT2D eigenvalue weighted by molar-refractivity contribution is 6.30. The van der Waals surface area contributed by atoms with Crippen molar-refractivity contribution in [2.24, 2.45) is 0 Å². The molecule has 31 heavy (non-hydrogen) atoms. The number of likely N-dealkylation sites (tertiary alicyclic amines) is 1. The van der Waals surface area contributed by atoms with E-state index in [0.29, 0.717) is 24.4 Å². The first-order chi connectivity index (χ1) is 14.5. The fraction of sp³-hybridized carbons (Fsp3) is 0.423. The number of halogens is 1. The highest BCUT2D eigenvalue weighted by Crippen LogP contribution is 2.40. The van der Waals surface area contributed by atoms with E-state index in [1.807, 2.05) is 47.5 Å². The summed E-state index contributed by atoms with van der Waals surface area (Å²) in [7, 11) is 0. The molecule has 3 unspecified atom stereocenters. The number of carbonyl (C=O) groups is 1. The lowest BCUT2D eigenvalue weighted by molar-refractivity contribution is -0.144. The molecule has 1 amide bonds. The number of H-pyrrole nitrogens is 1. The number of nitrogens with one attached hydrogen (secondary N) is 1. The highest BCUT2D eigenvalue weighted by Gasteiger charge is 2.43. The molecule has 2 N–H and O–H groups in total. The molecule has 2 aliphatic rings. The molecule has 5 heteroatoms. The van der Waals surface area contributed by atoms with Gasteiger partial charge in [0, 0.05) is 47.0 Å². The number of carbonyl (C=O) groups excluding carboxylic acids is 1. The lowest BCUT2D eigenvalue weighted by Gasteiger charge is -2.48. The van der Waals surface area contributed by atoms with Gasteiger partial charge in [0.1, 0.15) is 0 Å². The fourth-order valence-electron chi connectivity index (χ4n) is 5.42. The number of aliphatic hydroxyl groups is 1. The fourth-order valence-corrected chi connectivity index (χ4v) is 5.54. The lowest BCUT2D eigenvalue weighted by atomic mass is 9.75. The summed E-state index contributed by atoms with van der Waals surface area (Å²) in [6, 6.07) is 16.2. The van der Waals surface area contributed by atoms with E-state index in [2.05, 4.69) is 17.1 Å². The number of rotatable bonds is 4. The number of nitrogens with zero attached hydrogens (tertiary/aromatic N) is 1. The second-order valence-corrected chi connectivity index (χ2v) is 9.35. The minimum Gasteiger partial charge on any atom is -0.390 e. The van der Waals surface area contributed by atoms with Crippen molar-refractivity contribution in [2.75, 3.05) is 6.54 Å². The van der Waals surface area contributed by atoms with Crippen molar-refractivity contribution in [3.8, 4) is 0 Å². The van der Waals surface area contributed by atoms with Crippen molar-refractivity contribution in [3.63, 3.8) is 0 Å². The topological polar surface area (TPSA) is 56.3 Å². The van der Waals surface area contributed by atoms with E-state index in [4.69, 9.17) is 11.6 Å². The summed E-state index contributed by atoms with van der Waals surface area (Å²) in [5.41, 5.74) is 2.74. The van der Waals surface area contributed by atoms with Gasteiger partial charge >= 0.3 is 0 Å². The van der Waals surface area contributed by atoms with E-state index in [0.717, 1.165) is 47.7 Å². The highest BCUT2D eigenvalue weighted by atomic mass is 35.5. The standard InChI is InChI=1S/C25H27ClN2O2.CH4/c26-18-9-7-17(8-10-18)21(22-16-27-23-6-2-1-5-20(22)23)14-24(29)28-13-12-25(30)11-3-4-19(28)15-25;/h1-2,5-10,16,19,21,27,30H,3-4,11-15H2;1H4. The quantitative estimate of drug-likeness (QED) is 0.534. The number of fused-ring (bicyclic) bond motifs is 3. The van der Waals surface area contributed by atoms with Crippen LogP contribution in [-0.4, -0.2) is 39.1 Å². The largest absolute Gasteiger partial charge is 0.390 e. The van der Waals surface area contributed by atoms with E-state index < -0.39 is 5.60 Å². The first-order valence-electron chi connectivity index (χ1n) is 10.9. The molecule has 1 saturated carbocycles. The van der Waals surface area contributed by atoms with E-state index in [1.165, 1.54) is 0 Å². The Kier molecular flexibility index (Phi) is 6.14. The van der Waals surface area contributed by atoms with E-state index >= 15 is 0 Å². The van der Waals surface area contributed by atoms with Crippen LogP contribution in [0.3, 0.4) is 0 Å². The van der Waals surface area contributed by atoms with Crippen LogP contribution in [0, 0.1) is 0 Å². The second-order valence-electron chi connectivity index (χ2n) is 8.91. The minimum absolute atomic E-state index is 0. The number of piperidine rings is 1. The van der Waals surface area contributed by atoms with Crippen LogP contribution in [0.5, 0.6) is 0 Å². The number of aromatic nitrogens is 1. The van der Waals surface area contributed by atoms with Gasteiger partial charge in [-0.25, -0.2) is 0 Å². The number of hydrogen-bond donors (Lipinski definition) is 2. The van der Waals surface area contributed by atoms with Crippen LogP contribution < -0.4 is 0 Å². The van der Waals surface area contributed by atoms with E-state index in [-0.39, 0.29) is 25.3 Å². The van der Waals surface area contributed by atoms with Crippen LogP contribution in [0.25, 0.3) is 10.9 Å². The molecule has 0 radical (unpaired) electrons. The van der Waals surface area contributed by atoms with Gasteiger partial charge in [0.25, 0.3) is 0 Å². The van der Waals surface area contributed by atoms with Crippen molar-refractivity contribution in [2.45, 2.75) is 63.5 Å². The molecular formula is C26H31ClN2O2. The Bertz CT molecular complexity index is 1060. The predicted molar refractivity (Wildman–Crippen MR) is 126 cm³/mol. The van der Waals surface area contributed by atoms with Gasteiger partial charge < -0.3 is 15.0 Å². The van der Waals surface area contributed by atoms with Crippen molar-refractivity contribution < 1.29 is 9.90 Å². The zero-order valence-electron chi connectivity index (χ0n) is 17.0. The molecular weight excluding hydrogens is 408 g/mol. The summed E-state index contributed by atoms with van der Waals surface area (Å²) in [6.07, 6.45) is 6.71. The van der Waals surface area contributed by atoms with Crippen molar-refractivity contribution in [3.05, 3.63) is 70.9 Å². The molecule has 3 atom stereocenters. The maximum Gasteiger partial charge on any atom is 0.223 e. The summed E-state index contributed by atoms with van der Waals surface area (Å²) >= 11 is 6.13. The van der Waals surface area contributed by atoms with Crippen molar-refractivity contribution in [1.82, 2.24) is 9.88 Å². The third kappa shape index (κ3) is 4.24. The summed E-state index contributed by atoms with van der Waals surface area (Å²) in [5.74, 6) is 0.129. The third-order valence-corrected chi connectivity index (χ3v) is 7.27. The van der Waals surface area contributed by atoms with Gasteiger partial charge in [-0.05, 0) is 61.4 Å². The molecule has 3 aromatic rings. The maximum absolute atomic E-state index is 13.5. The molecule has 1 aliphatic heterocycles. The number of benzene rings is 2. The van der Waals surface area contributed by atoms with Gasteiger partial charge in [0.15, 0.2) is 0 Å². The monoisotopic (exact) mass is 438 g/mol. The molecule has 2 aromatic carbocycles. The SMILES string of the molecule is C.O=C(CC(c1ccc(Cl)cc1)c1c[nH]c2ccccc12)N1CCC2(O)CCCC1C2.